The van der Waals surface area contributed by atoms with Crippen LogP contribution in [-0.2, 0) is 13.2 Å². The molecule has 0 bridgehead atoms. The first kappa shape index (κ1) is 16.1. The van der Waals surface area contributed by atoms with Gasteiger partial charge in [0.25, 0.3) is 0 Å². The summed E-state index contributed by atoms with van der Waals surface area (Å²) in [7, 11) is 0. The van der Waals surface area contributed by atoms with Gasteiger partial charge in [0, 0.05) is 6.54 Å². The van der Waals surface area contributed by atoms with Gasteiger partial charge in [-0.15, -0.1) is 0 Å². The monoisotopic (exact) mass is 324 g/mol. The lowest BCUT2D eigenvalue weighted by atomic mass is 10.2. The largest absolute Gasteiger partial charge is 0.489 e. The van der Waals surface area contributed by atoms with Gasteiger partial charge in [-0.2, -0.15) is 4.98 Å². The van der Waals surface area contributed by atoms with Crippen molar-refractivity contribution in [2.24, 2.45) is 0 Å². The van der Waals surface area contributed by atoms with E-state index < -0.39 is 0 Å². The number of rotatable bonds is 8. The molecule has 0 amide bonds. The van der Waals surface area contributed by atoms with Crippen molar-refractivity contribution in [3.8, 4) is 17.6 Å². The molecule has 124 valence electrons. The van der Waals surface area contributed by atoms with E-state index in [1.807, 2.05) is 61.5 Å². The SMILES string of the molecule is CCNCc1coc(Oc2ccc(OCc3ccccc3)cc2)n1. The molecule has 3 aromatic rings. The van der Waals surface area contributed by atoms with E-state index in [1.165, 1.54) is 0 Å². The van der Waals surface area contributed by atoms with Crippen LogP contribution in [0.1, 0.15) is 18.2 Å². The molecular weight excluding hydrogens is 304 g/mol. The summed E-state index contributed by atoms with van der Waals surface area (Å²) < 4.78 is 16.6. The Morgan fingerprint density at radius 2 is 1.75 bits per heavy atom. The molecule has 0 fully saturated rings. The molecule has 0 atom stereocenters. The molecule has 0 unspecified atom stereocenters. The number of nitrogens with one attached hydrogen (secondary N) is 1. The molecule has 0 radical (unpaired) electrons. The van der Waals surface area contributed by atoms with E-state index in [9.17, 15) is 0 Å². The van der Waals surface area contributed by atoms with Gasteiger partial charge in [0.05, 0.1) is 5.69 Å². The Bertz CT molecular complexity index is 739. The van der Waals surface area contributed by atoms with Gasteiger partial charge in [-0.05, 0) is 36.4 Å². The number of benzene rings is 2. The second kappa shape index (κ2) is 8.17. The molecule has 2 aromatic carbocycles. The Labute approximate surface area is 141 Å². The number of nitrogens with zero attached hydrogens (tertiary/aromatic N) is 1. The molecule has 1 heterocycles. The first-order valence-electron chi connectivity index (χ1n) is 7.93. The van der Waals surface area contributed by atoms with Crippen LogP contribution in [0.3, 0.4) is 0 Å². The molecular formula is C19H20N2O3. The molecule has 0 saturated heterocycles. The second-order valence-electron chi connectivity index (χ2n) is 5.23. The number of aromatic nitrogens is 1. The van der Waals surface area contributed by atoms with Crippen LogP contribution in [0.5, 0.6) is 17.6 Å². The maximum atomic E-state index is 5.74. The number of oxazole rings is 1. The fraction of sp³-hybridized carbons (Fsp3) is 0.211. The van der Waals surface area contributed by atoms with E-state index in [1.54, 1.807) is 6.26 Å². The fourth-order valence-electron chi connectivity index (χ4n) is 2.12. The quantitative estimate of drug-likeness (QED) is 0.674. The van der Waals surface area contributed by atoms with E-state index in [0.717, 1.165) is 23.6 Å². The predicted molar refractivity (Wildman–Crippen MR) is 91.2 cm³/mol. The van der Waals surface area contributed by atoms with Gasteiger partial charge in [-0.3, -0.25) is 0 Å². The standard InChI is InChI=1S/C19H20N2O3/c1-2-20-12-16-14-23-19(21-16)24-18-10-8-17(9-11-18)22-13-15-6-4-3-5-7-15/h3-11,14,20H,2,12-13H2,1H3. The molecule has 0 aliphatic carbocycles. The zero-order valence-corrected chi connectivity index (χ0v) is 13.6. The van der Waals surface area contributed by atoms with Crippen molar-refractivity contribution in [3.05, 3.63) is 72.1 Å². The highest BCUT2D eigenvalue weighted by atomic mass is 16.6. The Morgan fingerprint density at radius 1 is 1.00 bits per heavy atom. The van der Waals surface area contributed by atoms with Crippen LogP contribution in [0.2, 0.25) is 0 Å². The van der Waals surface area contributed by atoms with Crippen LogP contribution in [-0.4, -0.2) is 11.5 Å². The summed E-state index contributed by atoms with van der Waals surface area (Å²) in [4.78, 5) is 4.26. The maximum Gasteiger partial charge on any atom is 0.399 e. The molecule has 24 heavy (non-hydrogen) atoms. The third kappa shape index (κ3) is 4.60. The Morgan fingerprint density at radius 3 is 2.50 bits per heavy atom. The van der Waals surface area contributed by atoms with Crippen LogP contribution >= 0.6 is 0 Å². The smallest absolute Gasteiger partial charge is 0.399 e. The summed E-state index contributed by atoms with van der Waals surface area (Å²) in [6, 6.07) is 17.4. The van der Waals surface area contributed by atoms with E-state index in [0.29, 0.717) is 18.9 Å². The molecule has 5 heteroatoms. The number of ether oxygens (including phenoxy) is 2. The fourth-order valence-corrected chi connectivity index (χ4v) is 2.12. The highest BCUT2D eigenvalue weighted by Crippen LogP contribution is 2.23. The first-order valence-corrected chi connectivity index (χ1v) is 7.93. The van der Waals surface area contributed by atoms with Crippen molar-refractivity contribution in [2.75, 3.05) is 6.54 Å². The zero-order chi connectivity index (χ0) is 16.6. The Balaban J connectivity index is 1.53. The Hall–Kier alpha value is -2.79. The summed E-state index contributed by atoms with van der Waals surface area (Å²) in [6.45, 7) is 4.12. The molecule has 0 spiro atoms. The van der Waals surface area contributed by atoms with Crippen molar-refractivity contribution >= 4 is 0 Å². The number of hydrogen-bond acceptors (Lipinski definition) is 5. The van der Waals surface area contributed by atoms with Crippen molar-refractivity contribution in [2.45, 2.75) is 20.1 Å². The van der Waals surface area contributed by atoms with Crippen molar-refractivity contribution in [1.29, 1.82) is 0 Å². The van der Waals surface area contributed by atoms with Crippen LogP contribution in [0.25, 0.3) is 0 Å². The lowest BCUT2D eigenvalue weighted by Crippen LogP contribution is -2.11. The van der Waals surface area contributed by atoms with Gasteiger partial charge in [-0.25, -0.2) is 0 Å². The summed E-state index contributed by atoms with van der Waals surface area (Å²) in [5.74, 6) is 1.44. The molecule has 1 N–H and O–H groups in total. The molecule has 0 aliphatic rings. The summed E-state index contributed by atoms with van der Waals surface area (Å²) >= 11 is 0. The van der Waals surface area contributed by atoms with Gasteiger partial charge >= 0.3 is 6.08 Å². The molecule has 0 aliphatic heterocycles. The summed E-state index contributed by atoms with van der Waals surface area (Å²) in [6.07, 6.45) is 1.83. The lowest BCUT2D eigenvalue weighted by Gasteiger charge is -2.07. The highest BCUT2D eigenvalue weighted by Gasteiger charge is 2.06. The minimum atomic E-state index is 0.237. The average Bonchev–Trinajstić information content (AvgIpc) is 3.07. The number of hydrogen-bond donors (Lipinski definition) is 1. The minimum absolute atomic E-state index is 0.237. The maximum absolute atomic E-state index is 5.74. The van der Waals surface area contributed by atoms with Gasteiger partial charge in [-0.1, -0.05) is 37.3 Å². The first-order chi connectivity index (χ1) is 11.8. The third-order valence-electron chi connectivity index (χ3n) is 3.36. The van der Waals surface area contributed by atoms with Gasteiger partial charge in [0.15, 0.2) is 0 Å². The van der Waals surface area contributed by atoms with Crippen molar-refractivity contribution in [1.82, 2.24) is 10.3 Å². The topological polar surface area (TPSA) is 56.5 Å². The van der Waals surface area contributed by atoms with Crippen molar-refractivity contribution in [3.63, 3.8) is 0 Å². The average molecular weight is 324 g/mol. The van der Waals surface area contributed by atoms with Crippen LogP contribution < -0.4 is 14.8 Å². The van der Waals surface area contributed by atoms with Crippen LogP contribution in [0.15, 0.2) is 65.3 Å². The van der Waals surface area contributed by atoms with Crippen LogP contribution in [0.4, 0.5) is 0 Å². The minimum Gasteiger partial charge on any atom is -0.489 e. The molecule has 0 saturated carbocycles. The van der Waals surface area contributed by atoms with Crippen LogP contribution in [0, 0.1) is 0 Å². The lowest BCUT2D eigenvalue weighted by molar-refractivity contribution is 0.304. The van der Waals surface area contributed by atoms with E-state index >= 15 is 0 Å². The highest BCUT2D eigenvalue weighted by molar-refractivity contribution is 5.32. The second-order valence-corrected chi connectivity index (χ2v) is 5.23. The summed E-state index contributed by atoms with van der Waals surface area (Å²) in [5.41, 5.74) is 1.94. The zero-order valence-electron chi connectivity index (χ0n) is 13.6. The van der Waals surface area contributed by atoms with Gasteiger partial charge in [0.2, 0.25) is 0 Å². The molecule has 1 aromatic heterocycles. The third-order valence-corrected chi connectivity index (χ3v) is 3.36. The van der Waals surface area contributed by atoms with Gasteiger partial charge < -0.3 is 19.2 Å². The predicted octanol–water partition coefficient (Wildman–Crippen LogP) is 4.16. The molecule has 3 rings (SSSR count). The van der Waals surface area contributed by atoms with Gasteiger partial charge in [0.1, 0.15) is 24.4 Å². The van der Waals surface area contributed by atoms with E-state index in [2.05, 4.69) is 10.3 Å². The Kier molecular flexibility index (Phi) is 5.48. The van der Waals surface area contributed by atoms with Crippen molar-refractivity contribution < 1.29 is 13.9 Å². The molecule has 5 nitrogen and oxygen atoms in total. The van der Waals surface area contributed by atoms with E-state index in [4.69, 9.17) is 13.9 Å². The normalized spacial score (nSPS) is 10.5. The van der Waals surface area contributed by atoms with E-state index in [-0.39, 0.29) is 6.08 Å². The summed E-state index contributed by atoms with van der Waals surface area (Å²) in [5, 5.41) is 3.18.